The number of rotatable bonds is 7. The zero-order chi connectivity index (χ0) is 14.4. The minimum absolute atomic E-state index is 0.359. The molecule has 0 bridgehead atoms. The van der Waals surface area contributed by atoms with Crippen molar-refractivity contribution in [3.8, 4) is 5.75 Å². The molecule has 0 saturated carbocycles. The van der Waals surface area contributed by atoms with Gasteiger partial charge in [0.15, 0.2) is 0 Å². The van der Waals surface area contributed by atoms with Gasteiger partial charge < -0.3 is 10.1 Å². The van der Waals surface area contributed by atoms with Crippen molar-refractivity contribution in [3.63, 3.8) is 0 Å². The molecule has 0 aliphatic carbocycles. The molecule has 1 N–H and O–H groups in total. The molecule has 0 spiro atoms. The van der Waals surface area contributed by atoms with Crippen molar-refractivity contribution in [1.82, 2.24) is 5.32 Å². The van der Waals surface area contributed by atoms with Crippen LogP contribution in [-0.2, 0) is 6.42 Å². The minimum Gasteiger partial charge on any atom is -0.497 e. The second-order valence-corrected chi connectivity index (χ2v) is 6.49. The number of nitrogens with one attached hydrogen (secondary N) is 1. The van der Waals surface area contributed by atoms with Crippen LogP contribution in [0.5, 0.6) is 5.75 Å². The lowest BCUT2D eigenvalue weighted by atomic mass is 10.0. The summed E-state index contributed by atoms with van der Waals surface area (Å²) in [5, 5.41) is 5.77. The van der Waals surface area contributed by atoms with E-state index in [2.05, 4.69) is 51.7 Å². The molecule has 0 aliphatic heterocycles. The predicted molar refractivity (Wildman–Crippen MR) is 89.8 cm³/mol. The quantitative estimate of drug-likeness (QED) is 0.771. The van der Waals surface area contributed by atoms with Crippen LogP contribution >= 0.6 is 27.3 Å². The number of thiophene rings is 1. The minimum atomic E-state index is 0.359. The summed E-state index contributed by atoms with van der Waals surface area (Å²) < 4.78 is 6.41. The van der Waals surface area contributed by atoms with E-state index < -0.39 is 0 Å². The van der Waals surface area contributed by atoms with Crippen LogP contribution < -0.4 is 10.1 Å². The number of hydrogen-bond acceptors (Lipinski definition) is 3. The second kappa shape index (κ2) is 7.81. The standard InChI is InChI=1S/C16H20BrNOS/c1-3-9-18-15(16-14(17)8-10-20-16)11-12-4-6-13(19-2)7-5-12/h4-8,10,15,18H,3,9,11H2,1-2H3. The molecule has 1 aromatic carbocycles. The fourth-order valence-corrected chi connectivity index (χ4v) is 3.85. The van der Waals surface area contributed by atoms with Crippen LogP contribution in [0.3, 0.4) is 0 Å². The maximum atomic E-state index is 5.21. The summed E-state index contributed by atoms with van der Waals surface area (Å²) in [5.74, 6) is 0.907. The third-order valence-corrected chi connectivity index (χ3v) is 5.19. The fraction of sp³-hybridized carbons (Fsp3) is 0.375. The fourth-order valence-electron chi connectivity index (χ4n) is 2.13. The lowest BCUT2D eigenvalue weighted by molar-refractivity contribution is 0.414. The van der Waals surface area contributed by atoms with Gasteiger partial charge in [-0.1, -0.05) is 19.1 Å². The Kier molecular flexibility index (Phi) is 6.07. The number of ether oxygens (including phenoxy) is 1. The summed E-state index contributed by atoms with van der Waals surface area (Å²) in [5.41, 5.74) is 1.32. The number of halogens is 1. The Hall–Kier alpha value is -0.840. The van der Waals surface area contributed by atoms with Gasteiger partial charge in [0, 0.05) is 15.4 Å². The van der Waals surface area contributed by atoms with E-state index in [9.17, 15) is 0 Å². The maximum Gasteiger partial charge on any atom is 0.118 e. The Morgan fingerprint density at radius 3 is 2.55 bits per heavy atom. The highest BCUT2D eigenvalue weighted by molar-refractivity contribution is 9.10. The molecular weight excluding hydrogens is 334 g/mol. The van der Waals surface area contributed by atoms with Gasteiger partial charge in [-0.3, -0.25) is 0 Å². The van der Waals surface area contributed by atoms with Crippen LogP contribution in [0.2, 0.25) is 0 Å². The van der Waals surface area contributed by atoms with Crippen molar-refractivity contribution in [2.24, 2.45) is 0 Å². The van der Waals surface area contributed by atoms with Gasteiger partial charge in [-0.25, -0.2) is 0 Å². The Labute approximate surface area is 133 Å². The second-order valence-electron chi connectivity index (χ2n) is 4.69. The summed E-state index contributed by atoms with van der Waals surface area (Å²) in [7, 11) is 1.70. The van der Waals surface area contributed by atoms with E-state index in [0.717, 1.165) is 25.1 Å². The third kappa shape index (κ3) is 4.08. The Bertz CT molecular complexity index is 524. The van der Waals surface area contributed by atoms with Crippen LogP contribution in [0.1, 0.15) is 29.8 Å². The van der Waals surface area contributed by atoms with Gasteiger partial charge in [-0.15, -0.1) is 11.3 Å². The van der Waals surface area contributed by atoms with Crippen molar-refractivity contribution in [2.75, 3.05) is 13.7 Å². The zero-order valence-corrected chi connectivity index (χ0v) is 14.3. The Balaban J connectivity index is 2.12. The van der Waals surface area contributed by atoms with Gasteiger partial charge >= 0.3 is 0 Å². The van der Waals surface area contributed by atoms with E-state index in [1.807, 2.05) is 12.1 Å². The van der Waals surface area contributed by atoms with Crippen LogP contribution in [0.4, 0.5) is 0 Å². The SMILES string of the molecule is CCCNC(Cc1ccc(OC)cc1)c1sccc1Br. The van der Waals surface area contributed by atoms with Gasteiger partial charge in [-0.05, 0) is 64.5 Å². The molecule has 2 nitrogen and oxygen atoms in total. The Morgan fingerprint density at radius 1 is 1.25 bits per heavy atom. The lowest BCUT2D eigenvalue weighted by Crippen LogP contribution is -2.23. The predicted octanol–water partition coefficient (Wildman–Crippen LogP) is 4.80. The first-order valence-corrected chi connectivity index (χ1v) is 8.51. The van der Waals surface area contributed by atoms with E-state index >= 15 is 0 Å². The van der Waals surface area contributed by atoms with Crippen molar-refractivity contribution in [3.05, 3.63) is 50.6 Å². The topological polar surface area (TPSA) is 21.3 Å². The molecule has 1 aromatic heterocycles. The molecule has 0 amide bonds. The molecule has 0 fully saturated rings. The third-order valence-electron chi connectivity index (χ3n) is 3.20. The summed E-state index contributed by atoms with van der Waals surface area (Å²) in [6.07, 6.45) is 2.13. The molecule has 0 saturated heterocycles. The first-order valence-electron chi connectivity index (χ1n) is 6.83. The summed E-state index contributed by atoms with van der Waals surface area (Å²) in [6.45, 7) is 3.23. The molecule has 1 atom stereocenters. The van der Waals surface area contributed by atoms with Gasteiger partial charge in [0.05, 0.1) is 7.11 Å². The highest BCUT2D eigenvalue weighted by Crippen LogP contribution is 2.31. The molecule has 1 heterocycles. The molecule has 2 aromatic rings. The molecule has 0 aliphatic rings. The van der Waals surface area contributed by atoms with Crippen molar-refractivity contribution < 1.29 is 4.74 Å². The molecule has 2 rings (SSSR count). The molecular formula is C16H20BrNOS. The van der Waals surface area contributed by atoms with Crippen molar-refractivity contribution >= 4 is 27.3 Å². The normalized spacial score (nSPS) is 12.3. The summed E-state index contributed by atoms with van der Waals surface area (Å²) in [4.78, 5) is 1.37. The highest BCUT2D eigenvalue weighted by atomic mass is 79.9. The largest absolute Gasteiger partial charge is 0.497 e. The highest BCUT2D eigenvalue weighted by Gasteiger charge is 2.15. The molecule has 0 radical (unpaired) electrons. The molecule has 20 heavy (non-hydrogen) atoms. The maximum absolute atomic E-state index is 5.21. The average molecular weight is 354 g/mol. The molecule has 108 valence electrons. The first kappa shape index (κ1) is 15.5. The average Bonchev–Trinajstić information content (AvgIpc) is 2.90. The summed E-state index contributed by atoms with van der Waals surface area (Å²) >= 11 is 5.45. The number of hydrogen-bond donors (Lipinski definition) is 1. The monoisotopic (exact) mass is 353 g/mol. The summed E-state index contributed by atoms with van der Waals surface area (Å²) in [6, 6.07) is 10.8. The first-order chi connectivity index (χ1) is 9.74. The van der Waals surface area contributed by atoms with E-state index in [-0.39, 0.29) is 0 Å². The smallest absolute Gasteiger partial charge is 0.118 e. The van der Waals surface area contributed by atoms with Crippen LogP contribution in [0.25, 0.3) is 0 Å². The van der Waals surface area contributed by atoms with Crippen LogP contribution in [-0.4, -0.2) is 13.7 Å². The lowest BCUT2D eigenvalue weighted by Gasteiger charge is -2.18. The van der Waals surface area contributed by atoms with E-state index in [0.29, 0.717) is 6.04 Å². The zero-order valence-electron chi connectivity index (χ0n) is 11.9. The van der Waals surface area contributed by atoms with Gasteiger partial charge in [0.25, 0.3) is 0 Å². The molecule has 4 heteroatoms. The van der Waals surface area contributed by atoms with Crippen LogP contribution in [0, 0.1) is 0 Å². The van der Waals surface area contributed by atoms with Gasteiger partial charge in [-0.2, -0.15) is 0 Å². The van der Waals surface area contributed by atoms with E-state index in [1.165, 1.54) is 14.9 Å². The molecule has 1 unspecified atom stereocenters. The van der Waals surface area contributed by atoms with Crippen LogP contribution in [0.15, 0.2) is 40.2 Å². The van der Waals surface area contributed by atoms with Gasteiger partial charge in [0.1, 0.15) is 5.75 Å². The van der Waals surface area contributed by atoms with E-state index in [4.69, 9.17) is 4.74 Å². The van der Waals surface area contributed by atoms with Crippen molar-refractivity contribution in [2.45, 2.75) is 25.8 Å². The Morgan fingerprint density at radius 2 is 2.00 bits per heavy atom. The number of methoxy groups -OCH3 is 1. The number of benzene rings is 1. The van der Waals surface area contributed by atoms with E-state index in [1.54, 1.807) is 18.4 Å². The van der Waals surface area contributed by atoms with Crippen molar-refractivity contribution in [1.29, 1.82) is 0 Å². The van der Waals surface area contributed by atoms with Gasteiger partial charge in [0.2, 0.25) is 0 Å².